The molecule has 1 N–H and O–H groups in total. The van der Waals surface area contributed by atoms with E-state index < -0.39 is 0 Å². The second-order valence-corrected chi connectivity index (χ2v) is 6.27. The lowest BCUT2D eigenvalue weighted by molar-refractivity contribution is 0.0531. The number of nitrogens with one attached hydrogen (secondary N) is 1. The van der Waals surface area contributed by atoms with Crippen LogP contribution in [0.25, 0.3) is 0 Å². The molecule has 6 heteroatoms. The molecule has 0 aromatic heterocycles. The van der Waals surface area contributed by atoms with Crippen LogP contribution in [0.2, 0.25) is 0 Å². The zero-order chi connectivity index (χ0) is 16.8. The summed E-state index contributed by atoms with van der Waals surface area (Å²) < 4.78 is 16.8. The van der Waals surface area contributed by atoms with E-state index in [1.165, 1.54) is 12.8 Å². The van der Waals surface area contributed by atoms with E-state index in [0.717, 1.165) is 29.9 Å². The molecule has 3 rings (SSSR count). The minimum atomic E-state index is -0.0487. The maximum atomic E-state index is 12.2. The summed E-state index contributed by atoms with van der Waals surface area (Å²) in [5.74, 6) is 1.51. The predicted octanol–water partition coefficient (Wildman–Crippen LogP) is 2.56. The van der Waals surface area contributed by atoms with Gasteiger partial charge in [-0.05, 0) is 43.4 Å². The highest BCUT2D eigenvalue weighted by Crippen LogP contribution is 2.32. The summed E-state index contributed by atoms with van der Waals surface area (Å²) in [4.78, 5) is 13.9. The van der Waals surface area contributed by atoms with Crippen LogP contribution >= 0.6 is 0 Å². The molecule has 2 amide bonds. The fourth-order valence-electron chi connectivity index (χ4n) is 3.16. The van der Waals surface area contributed by atoms with Gasteiger partial charge >= 0.3 is 6.03 Å². The summed E-state index contributed by atoms with van der Waals surface area (Å²) in [5.41, 5.74) is 1.01. The Balaban J connectivity index is 1.59. The van der Waals surface area contributed by atoms with Crippen LogP contribution < -0.4 is 14.8 Å². The number of nitrogens with zero attached hydrogens (tertiary/aromatic N) is 1. The molecule has 0 spiro atoms. The lowest BCUT2D eigenvalue weighted by atomic mass is 10.2. The smallest absolute Gasteiger partial charge is 0.317 e. The normalized spacial score (nSPS) is 18.5. The van der Waals surface area contributed by atoms with Gasteiger partial charge in [-0.25, -0.2) is 4.79 Å². The van der Waals surface area contributed by atoms with Crippen LogP contribution in [-0.4, -0.2) is 50.4 Å². The first-order valence-corrected chi connectivity index (χ1v) is 8.70. The Morgan fingerprint density at radius 1 is 1.25 bits per heavy atom. The number of methoxy groups -OCH3 is 1. The average molecular weight is 334 g/mol. The van der Waals surface area contributed by atoms with Gasteiger partial charge in [0, 0.05) is 19.6 Å². The van der Waals surface area contributed by atoms with Crippen LogP contribution in [0.4, 0.5) is 4.79 Å². The number of urea groups is 1. The van der Waals surface area contributed by atoms with Crippen molar-refractivity contribution >= 4 is 6.03 Å². The fraction of sp³-hybridized carbons (Fsp3) is 0.611. The molecular weight excluding hydrogens is 308 g/mol. The molecule has 0 radical (unpaired) electrons. The maximum Gasteiger partial charge on any atom is 0.317 e. The molecule has 1 aliphatic carbocycles. The molecule has 1 aromatic carbocycles. The molecule has 0 bridgehead atoms. The first-order chi connectivity index (χ1) is 11.8. The molecule has 1 aromatic rings. The van der Waals surface area contributed by atoms with Gasteiger partial charge < -0.3 is 24.4 Å². The van der Waals surface area contributed by atoms with Crippen molar-refractivity contribution in [3.8, 4) is 11.5 Å². The standard InChI is InChI=1S/C18H26N2O4/c1-22-16-7-6-14(12-17(16)24-15-4-2-3-5-15)13-19-18(21)20-8-10-23-11-9-20/h6-7,12,15H,2-5,8-11,13H2,1H3,(H,19,21). The van der Waals surface area contributed by atoms with E-state index >= 15 is 0 Å². The molecule has 1 heterocycles. The van der Waals surface area contributed by atoms with Gasteiger partial charge in [-0.15, -0.1) is 0 Å². The van der Waals surface area contributed by atoms with Crippen molar-refractivity contribution in [1.82, 2.24) is 10.2 Å². The number of morpholine rings is 1. The zero-order valence-corrected chi connectivity index (χ0v) is 14.3. The lowest BCUT2D eigenvalue weighted by Crippen LogP contribution is -2.45. The molecule has 2 aliphatic rings. The van der Waals surface area contributed by atoms with Crippen molar-refractivity contribution in [2.24, 2.45) is 0 Å². The summed E-state index contributed by atoms with van der Waals surface area (Å²) in [5, 5.41) is 2.96. The van der Waals surface area contributed by atoms with E-state index in [2.05, 4.69) is 5.32 Å². The van der Waals surface area contributed by atoms with Gasteiger partial charge in [0.15, 0.2) is 11.5 Å². The summed E-state index contributed by atoms with van der Waals surface area (Å²) in [6.07, 6.45) is 4.92. The van der Waals surface area contributed by atoms with Gasteiger partial charge in [-0.2, -0.15) is 0 Å². The monoisotopic (exact) mass is 334 g/mol. The third-order valence-electron chi connectivity index (χ3n) is 4.57. The van der Waals surface area contributed by atoms with E-state index in [1.54, 1.807) is 12.0 Å². The van der Waals surface area contributed by atoms with E-state index in [4.69, 9.17) is 14.2 Å². The average Bonchev–Trinajstić information content (AvgIpc) is 3.13. The third kappa shape index (κ3) is 4.32. The van der Waals surface area contributed by atoms with Crippen LogP contribution in [0.3, 0.4) is 0 Å². The van der Waals surface area contributed by atoms with Gasteiger partial charge in [-0.1, -0.05) is 6.07 Å². The van der Waals surface area contributed by atoms with E-state index in [-0.39, 0.29) is 12.1 Å². The van der Waals surface area contributed by atoms with Gasteiger partial charge in [0.25, 0.3) is 0 Å². The Bertz CT molecular complexity index is 552. The quantitative estimate of drug-likeness (QED) is 0.899. The van der Waals surface area contributed by atoms with Crippen molar-refractivity contribution < 1.29 is 19.0 Å². The number of carbonyl (C=O) groups is 1. The molecule has 0 unspecified atom stereocenters. The van der Waals surface area contributed by atoms with Gasteiger partial charge in [-0.3, -0.25) is 0 Å². The maximum absolute atomic E-state index is 12.2. The van der Waals surface area contributed by atoms with Gasteiger partial charge in [0.1, 0.15) is 0 Å². The number of rotatable bonds is 5. The molecule has 6 nitrogen and oxygen atoms in total. The summed E-state index contributed by atoms with van der Waals surface area (Å²) in [6, 6.07) is 5.78. The minimum absolute atomic E-state index is 0.0487. The number of hydrogen-bond donors (Lipinski definition) is 1. The molecule has 24 heavy (non-hydrogen) atoms. The van der Waals surface area contributed by atoms with Crippen molar-refractivity contribution in [2.75, 3.05) is 33.4 Å². The first-order valence-electron chi connectivity index (χ1n) is 8.70. The number of hydrogen-bond acceptors (Lipinski definition) is 4. The second-order valence-electron chi connectivity index (χ2n) is 6.27. The topological polar surface area (TPSA) is 60.0 Å². The van der Waals surface area contributed by atoms with Crippen LogP contribution in [0.5, 0.6) is 11.5 Å². The fourth-order valence-corrected chi connectivity index (χ4v) is 3.16. The Hall–Kier alpha value is -1.95. The van der Waals surface area contributed by atoms with E-state index in [0.29, 0.717) is 32.8 Å². The highest BCUT2D eigenvalue weighted by molar-refractivity contribution is 5.74. The second kappa shape index (κ2) is 8.24. The molecule has 1 aliphatic heterocycles. The Morgan fingerprint density at radius 3 is 2.71 bits per heavy atom. The largest absolute Gasteiger partial charge is 0.493 e. The highest BCUT2D eigenvalue weighted by Gasteiger charge is 2.19. The molecule has 1 saturated heterocycles. The van der Waals surface area contributed by atoms with Crippen LogP contribution in [0.15, 0.2) is 18.2 Å². The van der Waals surface area contributed by atoms with Crippen LogP contribution in [0.1, 0.15) is 31.2 Å². The number of amides is 2. The molecule has 2 fully saturated rings. The van der Waals surface area contributed by atoms with Crippen LogP contribution in [-0.2, 0) is 11.3 Å². The highest BCUT2D eigenvalue weighted by atomic mass is 16.5. The predicted molar refractivity (Wildman–Crippen MR) is 90.5 cm³/mol. The van der Waals surface area contributed by atoms with E-state index in [1.807, 2.05) is 18.2 Å². The number of ether oxygens (including phenoxy) is 3. The third-order valence-corrected chi connectivity index (χ3v) is 4.57. The van der Waals surface area contributed by atoms with Gasteiger partial charge in [0.2, 0.25) is 0 Å². The van der Waals surface area contributed by atoms with Crippen LogP contribution in [0, 0.1) is 0 Å². The molecule has 0 atom stereocenters. The van der Waals surface area contributed by atoms with Gasteiger partial charge in [0.05, 0.1) is 26.4 Å². The first kappa shape index (κ1) is 16.9. The van der Waals surface area contributed by atoms with E-state index in [9.17, 15) is 4.79 Å². The number of carbonyl (C=O) groups excluding carboxylic acids is 1. The van der Waals surface area contributed by atoms with Crippen molar-refractivity contribution in [3.05, 3.63) is 23.8 Å². The van der Waals surface area contributed by atoms with Crippen molar-refractivity contribution in [2.45, 2.75) is 38.3 Å². The molecule has 1 saturated carbocycles. The lowest BCUT2D eigenvalue weighted by Gasteiger charge is -2.27. The molecule has 132 valence electrons. The molecular formula is C18H26N2O4. The Labute approximate surface area is 143 Å². The SMILES string of the molecule is COc1ccc(CNC(=O)N2CCOCC2)cc1OC1CCCC1. The van der Waals surface area contributed by atoms with Crippen molar-refractivity contribution in [1.29, 1.82) is 0 Å². The Kier molecular flexibility index (Phi) is 5.80. The summed E-state index contributed by atoms with van der Waals surface area (Å²) in [7, 11) is 1.65. The Morgan fingerprint density at radius 2 is 2.00 bits per heavy atom. The summed E-state index contributed by atoms with van der Waals surface area (Å²) in [6.45, 7) is 2.97. The minimum Gasteiger partial charge on any atom is -0.493 e. The summed E-state index contributed by atoms with van der Waals surface area (Å²) >= 11 is 0. The zero-order valence-electron chi connectivity index (χ0n) is 14.3. The number of benzene rings is 1. The van der Waals surface area contributed by atoms with Crippen molar-refractivity contribution in [3.63, 3.8) is 0 Å².